The molecule has 106 valence electrons. The van der Waals surface area contributed by atoms with Gasteiger partial charge in [0.2, 0.25) is 0 Å². The number of hydrogen-bond donors (Lipinski definition) is 0. The maximum atomic E-state index is 5.45. The van der Waals surface area contributed by atoms with Gasteiger partial charge in [0.05, 0.1) is 23.4 Å². The number of fused-ring (bicyclic) bond motifs is 1. The highest BCUT2D eigenvalue weighted by Gasteiger charge is 2.30. The second kappa shape index (κ2) is 5.31. The highest BCUT2D eigenvalue weighted by molar-refractivity contribution is 7.22. The van der Waals surface area contributed by atoms with E-state index < -0.39 is 0 Å². The van der Waals surface area contributed by atoms with E-state index in [1.54, 1.807) is 0 Å². The molecule has 1 aromatic carbocycles. The van der Waals surface area contributed by atoms with Crippen LogP contribution in [0.1, 0.15) is 6.42 Å². The Hall–Kier alpha value is -1.17. The average molecular weight is 289 g/mol. The molecule has 2 saturated heterocycles. The maximum Gasteiger partial charge on any atom is 0.186 e. The number of thiazole rings is 1. The van der Waals surface area contributed by atoms with E-state index in [4.69, 9.17) is 9.72 Å². The Morgan fingerprint density at radius 1 is 1.15 bits per heavy atom. The lowest BCUT2D eigenvalue weighted by atomic mass is 10.2. The van der Waals surface area contributed by atoms with E-state index >= 15 is 0 Å². The van der Waals surface area contributed by atoms with Crippen molar-refractivity contribution >= 4 is 26.7 Å². The van der Waals surface area contributed by atoms with Crippen molar-refractivity contribution in [1.82, 2.24) is 9.88 Å². The van der Waals surface area contributed by atoms with E-state index in [1.165, 1.54) is 16.3 Å². The van der Waals surface area contributed by atoms with Crippen molar-refractivity contribution in [2.75, 3.05) is 44.3 Å². The second-order valence-corrected chi connectivity index (χ2v) is 6.51. The molecule has 1 unspecified atom stereocenters. The number of nitrogens with zero attached hydrogens (tertiary/aromatic N) is 3. The Balaban J connectivity index is 1.49. The zero-order valence-corrected chi connectivity index (χ0v) is 12.3. The molecule has 1 atom stereocenters. The van der Waals surface area contributed by atoms with Crippen LogP contribution < -0.4 is 4.90 Å². The van der Waals surface area contributed by atoms with Gasteiger partial charge in [0, 0.05) is 32.2 Å². The fraction of sp³-hybridized carbons (Fsp3) is 0.533. The largest absolute Gasteiger partial charge is 0.379 e. The van der Waals surface area contributed by atoms with Crippen LogP contribution in [0.3, 0.4) is 0 Å². The van der Waals surface area contributed by atoms with Crippen molar-refractivity contribution in [2.24, 2.45) is 0 Å². The number of benzene rings is 1. The van der Waals surface area contributed by atoms with Crippen LogP contribution in [0.15, 0.2) is 24.3 Å². The molecule has 2 fully saturated rings. The van der Waals surface area contributed by atoms with Gasteiger partial charge in [-0.2, -0.15) is 0 Å². The predicted molar refractivity (Wildman–Crippen MR) is 82.6 cm³/mol. The average Bonchev–Trinajstić information content (AvgIpc) is 3.14. The number of morpholine rings is 1. The zero-order chi connectivity index (χ0) is 13.4. The predicted octanol–water partition coefficient (Wildman–Crippen LogP) is 2.21. The smallest absolute Gasteiger partial charge is 0.186 e. The summed E-state index contributed by atoms with van der Waals surface area (Å²) in [4.78, 5) is 9.80. The van der Waals surface area contributed by atoms with Crippen molar-refractivity contribution in [3.63, 3.8) is 0 Å². The molecular weight excluding hydrogens is 270 g/mol. The number of rotatable bonds is 2. The summed E-state index contributed by atoms with van der Waals surface area (Å²) in [5.41, 5.74) is 1.13. The van der Waals surface area contributed by atoms with Gasteiger partial charge in [-0.25, -0.2) is 4.98 Å². The minimum absolute atomic E-state index is 0.672. The van der Waals surface area contributed by atoms with Gasteiger partial charge in [-0.1, -0.05) is 23.5 Å². The van der Waals surface area contributed by atoms with E-state index in [2.05, 4.69) is 34.1 Å². The molecule has 2 aliphatic rings. The van der Waals surface area contributed by atoms with Crippen LogP contribution >= 0.6 is 11.3 Å². The third-order valence-electron chi connectivity index (χ3n) is 4.28. The van der Waals surface area contributed by atoms with Crippen LogP contribution in [-0.2, 0) is 4.74 Å². The summed E-state index contributed by atoms with van der Waals surface area (Å²) in [5.74, 6) is 0. The van der Waals surface area contributed by atoms with Crippen molar-refractivity contribution in [2.45, 2.75) is 12.5 Å². The van der Waals surface area contributed by atoms with E-state index in [-0.39, 0.29) is 0 Å². The molecule has 0 bridgehead atoms. The number of hydrogen-bond acceptors (Lipinski definition) is 5. The first-order valence-corrected chi connectivity index (χ1v) is 8.14. The van der Waals surface area contributed by atoms with E-state index in [9.17, 15) is 0 Å². The Morgan fingerprint density at radius 2 is 2.00 bits per heavy atom. The van der Waals surface area contributed by atoms with Gasteiger partial charge in [-0.05, 0) is 18.6 Å². The SMILES string of the molecule is c1ccc2sc(N3CCC(N4CCOCC4)C3)nc2c1. The Bertz CT molecular complexity index is 561. The van der Waals surface area contributed by atoms with Gasteiger partial charge in [0.1, 0.15) is 0 Å². The zero-order valence-electron chi connectivity index (χ0n) is 11.5. The summed E-state index contributed by atoms with van der Waals surface area (Å²) in [7, 11) is 0. The monoisotopic (exact) mass is 289 g/mol. The molecule has 20 heavy (non-hydrogen) atoms. The van der Waals surface area contributed by atoms with Crippen LogP contribution in [0, 0.1) is 0 Å². The minimum atomic E-state index is 0.672. The lowest BCUT2D eigenvalue weighted by Gasteiger charge is -2.32. The normalized spacial score (nSPS) is 24.6. The van der Waals surface area contributed by atoms with Gasteiger partial charge < -0.3 is 9.64 Å². The molecule has 0 saturated carbocycles. The summed E-state index contributed by atoms with van der Waals surface area (Å²) in [6, 6.07) is 9.08. The molecule has 4 nitrogen and oxygen atoms in total. The summed E-state index contributed by atoms with van der Waals surface area (Å²) in [6.45, 7) is 6.17. The standard InChI is InChI=1S/C15H19N3OS/c1-2-4-14-13(3-1)16-15(20-14)18-6-5-12(11-18)17-7-9-19-10-8-17/h1-4,12H,5-11H2. The molecule has 3 heterocycles. The molecule has 0 aliphatic carbocycles. The summed E-state index contributed by atoms with van der Waals surface area (Å²) < 4.78 is 6.73. The third kappa shape index (κ3) is 2.30. The highest BCUT2D eigenvalue weighted by atomic mass is 32.1. The third-order valence-corrected chi connectivity index (χ3v) is 5.38. The van der Waals surface area contributed by atoms with Crippen molar-refractivity contribution in [1.29, 1.82) is 0 Å². The second-order valence-electron chi connectivity index (χ2n) is 5.50. The maximum absolute atomic E-state index is 5.45. The molecule has 2 aromatic rings. The van der Waals surface area contributed by atoms with E-state index in [1.807, 2.05) is 11.3 Å². The minimum Gasteiger partial charge on any atom is -0.379 e. The quantitative estimate of drug-likeness (QED) is 0.847. The lowest BCUT2D eigenvalue weighted by Crippen LogP contribution is -2.44. The molecule has 5 heteroatoms. The number of ether oxygens (including phenoxy) is 1. The fourth-order valence-corrected chi connectivity index (χ4v) is 4.15. The molecule has 0 amide bonds. The van der Waals surface area contributed by atoms with Crippen LogP contribution in [0.5, 0.6) is 0 Å². The number of aromatic nitrogens is 1. The van der Waals surface area contributed by atoms with Crippen LogP contribution in [-0.4, -0.2) is 55.3 Å². The first-order chi connectivity index (χ1) is 9.90. The summed E-state index contributed by atoms with van der Waals surface area (Å²) in [6.07, 6.45) is 1.25. The van der Waals surface area contributed by atoms with Gasteiger partial charge in [0.25, 0.3) is 0 Å². The van der Waals surface area contributed by atoms with E-state index in [0.717, 1.165) is 44.9 Å². The Morgan fingerprint density at radius 3 is 2.85 bits per heavy atom. The Kier molecular flexibility index (Phi) is 3.34. The van der Waals surface area contributed by atoms with Gasteiger partial charge >= 0.3 is 0 Å². The van der Waals surface area contributed by atoms with Crippen LogP contribution in [0.4, 0.5) is 5.13 Å². The van der Waals surface area contributed by atoms with Crippen molar-refractivity contribution < 1.29 is 4.74 Å². The van der Waals surface area contributed by atoms with Crippen LogP contribution in [0.2, 0.25) is 0 Å². The van der Waals surface area contributed by atoms with E-state index in [0.29, 0.717) is 6.04 Å². The van der Waals surface area contributed by atoms with Crippen LogP contribution in [0.25, 0.3) is 10.2 Å². The van der Waals surface area contributed by atoms with Crippen molar-refractivity contribution in [3.05, 3.63) is 24.3 Å². The Labute approximate surface area is 123 Å². The number of para-hydroxylation sites is 1. The molecule has 0 radical (unpaired) electrons. The molecule has 4 rings (SSSR count). The number of anilines is 1. The highest BCUT2D eigenvalue weighted by Crippen LogP contribution is 2.31. The molecule has 0 N–H and O–H groups in total. The first kappa shape index (κ1) is 12.6. The van der Waals surface area contributed by atoms with Crippen molar-refractivity contribution in [3.8, 4) is 0 Å². The van der Waals surface area contributed by atoms with Gasteiger partial charge in [-0.15, -0.1) is 0 Å². The molecule has 0 spiro atoms. The first-order valence-electron chi connectivity index (χ1n) is 7.32. The van der Waals surface area contributed by atoms with Gasteiger partial charge in [-0.3, -0.25) is 4.90 Å². The fourth-order valence-electron chi connectivity index (χ4n) is 3.15. The summed E-state index contributed by atoms with van der Waals surface area (Å²) in [5, 5.41) is 1.18. The van der Waals surface area contributed by atoms with Gasteiger partial charge in [0.15, 0.2) is 5.13 Å². The molecule has 2 aliphatic heterocycles. The topological polar surface area (TPSA) is 28.6 Å². The molecule has 1 aromatic heterocycles. The summed E-state index contributed by atoms with van der Waals surface area (Å²) >= 11 is 1.81. The lowest BCUT2D eigenvalue weighted by molar-refractivity contribution is 0.0209. The molecular formula is C15H19N3OS.